The molecule has 1 aliphatic rings. The third-order valence-corrected chi connectivity index (χ3v) is 4.41. The molecule has 1 saturated heterocycles. The van der Waals surface area contributed by atoms with Crippen LogP contribution in [-0.2, 0) is 6.42 Å². The molecule has 0 saturated carbocycles. The Bertz CT molecular complexity index is 574. The fraction of sp³-hybridized carbons (Fsp3) is 0.500. The molecule has 0 bridgehead atoms. The maximum Gasteiger partial charge on any atom is 0.0734 e. The smallest absolute Gasteiger partial charge is 0.0734 e. The summed E-state index contributed by atoms with van der Waals surface area (Å²) in [4.78, 5) is 7.15. The van der Waals surface area contributed by atoms with E-state index in [4.69, 9.17) is 0 Å². The van der Waals surface area contributed by atoms with E-state index in [2.05, 4.69) is 46.4 Å². The lowest BCUT2D eigenvalue weighted by Gasteiger charge is -2.33. The summed E-state index contributed by atoms with van der Waals surface area (Å²) in [6, 6.07) is 11.4. The van der Waals surface area contributed by atoms with E-state index in [1.54, 1.807) is 0 Å². The first kappa shape index (κ1) is 14.5. The molecule has 3 heteroatoms. The number of nitrogens with one attached hydrogen (secondary N) is 1. The van der Waals surface area contributed by atoms with Gasteiger partial charge in [0.25, 0.3) is 0 Å². The maximum atomic E-state index is 4.56. The van der Waals surface area contributed by atoms with Gasteiger partial charge in [0.15, 0.2) is 0 Å². The third-order valence-electron chi connectivity index (χ3n) is 4.41. The van der Waals surface area contributed by atoms with Crippen molar-refractivity contribution in [3.8, 4) is 0 Å². The Morgan fingerprint density at radius 1 is 1.29 bits per heavy atom. The molecule has 21 heavy (non-hydrogen) atoms. The summed E-state index contributed by atoms with van der Waals surface area (Å²) in [5.41, 5.74) is 2.54. The summed E-state index contributed by atoms with van der Waals surface area (Å²) in [5, 5.41) is 4.84. The largest absolute Gasteiger partial charge is 0.313 e. The molecule has 112 valence electrons. The zero-order valence-corrected chi connectivity index (χ0v) is 12.9. The lowest BCUT2D eigenvalue weighted by molar-refractivity contribution is 0.194. The molecule has 3 nitrogen and oxygen atoms in total. The number of pyridine rings is 1. The highest BCUT2D eigenvalue weighted by molar-refractivity contribution is 5.81. The summed E-state index contributed by atoms with van der Waals surface area (Å²) < 4.78 is 0. The Hall–Kier alpha value is -1.45. The fourth-order valence-corrected chi connectivity index (χ4v) is 3.36. The third kappa shape index (κ3) is 3.60. The topological polar surface area (TPSA) is 28.2 Å². The minimum absolute atomic E-state index is 0.675. The molecule has 1 aromatic heterocycles. The average molecular weight is 283 g/mol. The predicted octanol–water partition coefficient (Wildman–Crippen LogP) is 2.85. The lowest BCUT2D eigenvalue weighted by Crippen LogP contribution is -2.46. The average Bonchev–Trinajstić information content (AvgIpc) is 2.53. The first-order valence-corrected chi connectivity index (χ1v) is 8.15. The van der Waals surface area contributed by atoms with Gasteiger partial charge in [0.05, 0.1) is 5.52 Å². The summed E-state index contributed by atoms with van der Waals surface area (Å²) in [6.45, 7) is 6.83. The van der Waals surface area contributed by atoms with Crippen molar-refractivity contribution >= 4 is 10.9 Å². The molecule has 1 aromatic carbocycles. The highest BCUT2D eigenvalue weighted by Gasteiger charge is 2.18. The zero-order valence-electron chi connectivity index (χ0n) is 12.9. The van der Waals surface area contributed by atoms with Crippen LogP contribution in [0.4, 0.5) is 0 Å². The van der Waals surface area contributed by atoms with E-state index >= 15 is 0 Å². The number of aromatic nitrogens is 1. The molecule has 0 amide bonds. The summed E-state index contributed by atoms with van der Waals surface area (Å²) >= 11 is 0. The molecule has 1 N–H and O–H groups in total. The molecule has 0 spiro atoms. The predicted molar refractivity (Wildman–Crippen MR) is 88.6 cm³/mol. The van der Waals surface area contributed by atoms with Crippen molar-refractivity contribution in [3.63, 3.8) is 0 Å². The van der Waals surface area contributed by atoms with Gasteiger partial charge in [-0.1, -0.05) is 31.2 Å². The number of likely N-dealkylation sites (tertiary alicyclic amines) is 1. The highest BCUT2D eigenvalue weighted by Crippen LogP contribution is 2.17. The van der Waals surface area contributed by atoms with Crippen molar-refractivity contribution in [1.82, 2.24) is 15.2 Å². The van der Waals surface area contributed by atoms with Gasteiger partial charge in [0, 0.05) is 30.7 Å². The van der Waals surface area contributed by atoms with E-state index < -0.39 is 0 Å². The number of benzene rings is 1. The van der Waals surface area contributed by atoms with Crippen molar-refractivity contribution in [2.45, 2.75) is 32.2 Å². The molecule has 1 aliphatic heterocycles. The van der Waals surface area contributed by atoms with E-state index in [1.807, 2.05) is 12.3 Å². The van der Waals surface area contributed by atoms with Gasteiger partial charge in [-0.3, -0.25) is 4.98 Å². The van der Waals surface area contributed by atoms with Crippen LogP contribution in [0.15, 0.2) is 36.5 Å². The molecule has 3 rings (SSSR count). The first-order chi connectivity index (χ1) is 10.4. The van der Waals surface area contributed by atoms with E-state index in [9.17, 15) is 0 Å². The van der Waals surface area contributed by atoms with Crippen LogP contribution < -0.4 is 5.32 Å². The zero-order chi connectivity index (χ0) is 14.5. The Morgan fingerprint density at radius 3 is 3.10 bits per heavy atom. The van der Waals surface area contributed by atoms with Gasteiger partial charge >= 0.3 is 0 Å². The second-order valence-electron chi connectivity index (χ2n) is 5.94. The maximum absolute atomic E-state index is 4.56. The molecule has 0 aliphatic carbocycles. The van der Waals surface area contributed by atoms with Crippen LogP contribution in [0.2, 0.25) is 0 Å². The lowest BCUT2D eigenvalue weighted by atomic mass is 10.0. The summed E-state index contributed by atoms with van der Waals surface area (Å²) in [5.74, 6) is 0. The van der Waals surface area contributed by atoms with Crippen LogP contribution in [0.3, 0.4) is 0 Å². The normalized spacial score (nSPS) is 20.0. The van der Waals surface area contributed by atoms with Crippen LogP contribution >= 0.6 is 0 Å². The van der Waals surface area contributed by atoms with Gasteiger partial charge in [-0.15, -0.1) is 0 Å². The summed E-state index contributed by atoms with van der Waals surface area (Å²) in [6.07, 6.45) is 5.62. The van der Waals surface area contributed by atoms with Gasteiger partial charge in [0.1, 0.15) is 0 Å². The Labute approximate surface area is 127 Å². The van der Waals surface area contributed by atoms with Crippen molar-refractivity contribution in [3.05, 3.63) is 42.1 Å². The molecule has 0 radical (unpaired) electrons. The monoisotopic (exact) mass is 283 g/mol. The van der Waals surface area contributed by atoms with Gasteiger partial charge < -0.3 is 10.2 Å². The number of nitrogens with zero attached hydrogens (tertiary/aromatic N) is 2. The van der Waals surface area contributed by atoms with Gasteiger partial charge in [-0.2, -0.15) is 0 Å². The Balaban J connectivity index is 1.64. The number of likely N-dealkylation sites (N-methyl/N-ethyl adjacent to an activating group) is 1. The van der Waals surface area contributed by atoms with E-state index in [-0.39, 0.29) is 0 Å². The Kier molecular flexibility index (Phi) is 4.84. The SMILES string of the molecule is CCNC1CCCN(CCc2cccc3cccnc23)C1. The van der Waals surface area contributed by atoms with Crippen LogP contribution in [0.25, 0.3) is 10.9 Å². The van der Waals surface area contributed by atoms with Crippen molar-refractivity contribution in [1.29, 1.82) is 0 Å². The quantitative estimate of drug-likeness (QED) is 0.914. The molecule has 2 aromatic rings. The number of hydrogen-bond acceptors (Lipinski definition) is 3. The first-order valence-electron chi connectivity index (χ1n) is 8.15. The molecule has 1 unspecified atom stereocenters. The van der Waals surface area contributed by atoms with E-state index in [1.165, 1.54) is 42.4 Å². The summed E-state index contributed by atoms with van der Waals surface area (Å²) in [7, 11) is 0. The minimum Gasteiger partial charge on any atom is -0.313 e. The van der Waals surface area contributed by atoms with Gasteiger partial charge in [-0.25, -0.2) is 0 Å². The van der Waals surface area contributed by atoms with Gasteiger partial charge in [-0.05, 0) is 44.0 Å². The second kappa shape index (κ2) is 7.01. The van der Waals surface area contributed by atoms with Crippen molar-refractivity contribution in [2.75, 3.05) is 26.2 Å². The second-order valence-corrected chi connectivity index (χ2v) is 5.94. The number of fused-ring (bicyclic) bond motifs is 1. The number of rotatable bonds is 5. The van der Waals surface area contributed by atoms with E-state index in [0.717, 1.165) is 19.5 Å². The van der Waals surface area contributed by atoms with Crippen LogP contribution in [0.1, 0.15) is 25.3 Å². The standard InChI is InChI=1S/C18H25N3/c1-2-19-17-9-5-12-21(14-17)13-10-16-7-3-6-15-8-4-11-20-18(15)16/h3-4,6-8,11,17,19H,2,5,9-10,12-14H2,1H3. The fourth-order valence-electron chi connectivity index (χ4n) is 3.36. The molecular weight excluding hydrogens is 258 g/mol. The number of hydrogen-bond donors (Lipinski definition) is 1. The number of piperidine rings is 1. The van der Waals surface area contributed by atoms with Crippen LogP contribution in [0.5, 0.6) is 0 Å². The van der Waals surface area contributed by atoms with Crippen LogP contribution in [0, 0.1) is 0 Å². The number of para-hydroxylation sites is 1. The molecular formula is C18H25N3. The van der Waals surface area contributed by atoms with Crippen molar-refractivity contribution in [2.24, 2.45) is 0 Å². The van der Waals surface area contributed by atoms with E-state index in [0.29, 0.717) is 6.04 Å². The Morgan fingerprint density at radius 2 is 2.19 bits per heavy atom. The molecule has 1 fully saturated rings. The van der Waals surface area contributed by atoms with Gasteiger partial charge in [0.2, 0.25) is 0 Å². The van der Waals surface area contributed by atoms with Crippen molar-refractivity contribution < 1.29 is 0 Å². The van der Waals surface area contributed by atoms with Crippen LogP contribution in [-0.4, -0.2) is 42.1 Å². The highest BCUT2D eigenvalue weighted by atomic mass is 15.2. The molecule has 2 heterocycles. The minimum atomic E-state index is 0.675. The molecule has 1 atom stereocenters.